The predicted octanol–water partition coefficient (Wildman–Crippen LogP) is 0.819. The molecule has 0 heterocycles. The van der Waals surface area contributed by atoms with Crippen LogP contribution in [0.3, 0.4) is 0 Å². The molecule has 0 fully saturated rings. The van der Waals surface area contributed by atoms with Gasteiger partial charge in [-0.3, -0.25) is 4.79 Å². The molecule has 0 aromatic heterocycles. The second kappa shape index (κ2) is 5.98. The predicted molar refractivity (Wildman–Crippen MR) is 60.1 cm³/mol. The van der Waals surface area contributed by atoms with Crippen molar-refractivity contribution in [2.75, 3.05) is 13.2 Å². The van der Waals surface area contributed by atoms with E-state index in [0.29, 0.717) is 30.1 Å². The Morgan fingerprint density at radius 3 is 2.50 bits per heavy atom. The van der Waals surface area contributed by atoms with Gasteiger partial charge in [-0.05, 0) is 27.2 Å². The summed E-state index contributed by atoms with van der Waals surface area (Å²) in [7, 11) is 0.456. The van der Waals surface area contributed by atoms with Crippen LogP contribution in [-0.2, 0) is 14.0 Å². The summed E-state index contributed by atoms with van der Waals surface area (Å²) in [5, 5.41) is 0. The van der Waals surface area contributed by atoms with Crippen LogP contribution in [0.25, 0.3) is 0 Å². The molecule has 0 aromatic rings. The first-order chi connectivity index (χ1) is 6.40. The van der Waals surface area contributed by atoms with Crippen molar-refractivity contribution < 1.29 is 14.0 Å². The van der Waals surface area contributed by atoms with E-state index in [-0.39, 0.29) is 5.97 Å². The molecule has 0 rings (SSSR count). The van der Waals surface area contributed by atoms with Crippen LogP contribution in [0.1, 0.15) is 27.2 Å². The molecule has 0 bridgehead atoms. The van der Waals surface area contributed by atoms with Crippen molar-refractivity contribution in [3.8, 4) is 0 Å². The summed E-state index contributed by atoms with van der Waals surface area (Å²) < 4.78 is 10.1. The zero-order valence-electron chi connectivity index (χ0n) is 9.55. The highest BCUT2D eigenvalue weighted by atomic mass is 28.2. The molecule has 0 atom stereocenters. The molecule has 0 amide bonds. The minimum Gasteiger partial charge on any atom is -0.528 e. The van der Waals surface area contributed by atoms with E-state index < -0.39 is 5.41 Å². The molecule has 3 nitrogen and oxygen atoms in total. The number of hydrogen-bond acceptors (Lipinski definition) is 3. The van der Waals surface area contributed by atoms with E-state index in [4.69, 9.17) is 9.16 Å². The smallest absolute Gasteiger partial charge is 0.297 e. The summed E-state index contributed by atoms with van der Waals surface area (Å²) in [6.45, 7) is 10.5. The first-order valence-corrected chi connectivity index (χ1v) is 5.52. The van der Waals surface area contributed by atoms with E-state index in [1.165, 1.54) is 0 Å². The number of carbonyl (C=O) groups is 1. The summed E-state index contributed by atoms with van der Waals surface area (Å²) in [6.07, 6.45) is 0.682. The fourth-order valence-corrected chi connectivity index (χ4v) is 1.50. The lowest BCUT2D eigenvalue weighted by Crippen LogP contribution is -2.27. The van der Waals surface area contributed by atoms with Gasteiger partial charge < -0.3 is 9.16 Å². The average Bonchev–Trinajstić information content (AvgIpc) is 2.10. The Balaban J connectivity index is 3.76. The molecule has 0 saturated carbocycles. The molecular formula is C10H20O3Si. The number of rotatable bonds is 6. The van der Waals surface area contributed by atoms with Gasteiger partial charge in [0.05, 0.1) is 12.0 Å². The largest absolute Gasteiger partial charge is 0.528 e. The van der Waals surface area contributed by atoms with Gasteiger partial charge in [-0.2, -0.15) is 0 Å². The van der Waals surface area contributed by atoms with Crippen LogP contribution in [0.5, 0.6) is 0 Å². The van der Waals surface area contributed by atoms with Gasteiger partial charge in [0.2, 0.25) is 10.5 Å². The highest BCUT2D eigenvalue weighted by Crippen LogP contribution is 2.21. The van der Waals surface area contributed by atoms with Gasteiger partial charge in [-0.25, -0.2) is 0 Å². The molecule has 14 heavy (non-hydrogen) atoms. The highest BCUT2D eigenvalue weighted by Gasteiger charge is 2.27. The van der Waals surface area contributed by atoms with E-state index >= 15 is 0 Å². The first kappa shape index (κ1) is 13.4. The Kier molecular flexibility index (Phi) is 5.72. The first-order valence-electron chi connectivity index (χ1n) is 4.70. The summed E-state index contributed by atoms with van der Waals surface area (Å²) in [4.78, 5) is 11.3. The van der Waals surface area contributed by atoms with Crippen LogP contribution in [0.15, 0.2) is 12.2 Å². The van der Waals surface area contributed by atoms with E-state index in [2.05, 4.69) is 6.58 Å². The molecular weight excluding hydrogens is 196 g/mol. The van der Waals surface area contributed by atoms with Gasteiger partial charge in [0.25, 0.3) is 5.97 Å². The minimum absolute atomic E-state index is 0.136. The summed E-state index contributed by atoms with van der Waals surface area (Å²) >= 11 is 0. The summed E-state index contributed by atoms with van der Waals surface area (Å²) in [5.74, 6) is -0.136. The molecule has 0 aliphatic heterocycles. The van der Waals surface area contributed by atoms with Gasteiger partial charge in [0.1, 0.15) is 0 Å². The van der Waals surface area contributed by atoms with Crippen molar-refractivity contribution in [2.45, 2.75) is 27.2 Å². The molecule has 0 aliphatic carbocycles. The third-order valence-electron chi connectivity index (χ3n) is 1.96. The van der Waals surface area contributed by atoms with Crippen molar-refractivity contribution in [2.24, 2.45) is 5.41 Å². The normalized spacial score (nSPS) is 11.4. The monoisotopic (exact) mass is 216 g/mol. The average molecular weight is 216 g/mol. The zero-order valence-corrected chi connectivity index (χ0v) is 11.6. The van der Waals surface area contributed by atoms with Crippen molar-refractivity contribution in [1.82, 2.24) is 0 Å². The van der Waals surface area contributed by atoms with Crippen LogP contribution in [-0.4, -0.2) is 29.7 Å². The molecule has 4 heteroatoms. The van der Waals surface area contributed by atoms with Crippen LogP contribution in [0, 0.1) is 5.41 Å². The zero-order chi connectivity index (χ0) is 11.2. The maximum absolute atomic E-state index is 11.3. The van der Waals surface area contributed by atoms with E-state index in [0.717, 1.165) is 5.57 Å². The van der Waals surface area contributed by atoms with Crippen LogP contribution in [0.2, 0.25) is 0 Å². The molecule has 0 N–H and O–H groups in total. The van der Waals surface area contributed by atoms with Crippen LogP contribution < -0.4 is 0 Å². The van der Waals surface area contributed by atoms with Crippen molar-refractivity contribution in [1.29, 1.82) is 0 Å². The van der Waals surface area contributed by atoms with Crippen LogP contribution >= 0.6 is 0 Å². The number of ether oxygens (including phenoxy) is 1. The third-order valence-corrected chi connectivity index (χ3v) is 2.33. The van der Waals surface area contributed by atoms with E-state index in [1.54, 1.807) is 0 Å². The Morgan fingerprint density at radius 2 is 2.07 bits per heavy atom. The molecule has 0 unspecified atom stereocenters. The second-order valence-corrected chi connectivity index (χ2v) is 4.54. The van der Waals surface area contributed by atoms with E-state index in [9.17, 15) is 4.79 Å². The van der Waals surface area contributed by atoms with Gasteiger partial charge in [0, 0.05) is 6.61 Å². The summed E-state index contributed by atoms with van der Waals surface area (Å²) in [5.41, 5.74) is 0.560. The van der Waals surface area contributed by atoms with Gasteiger partial charge >= 0.3 is 0 Å². The summed E-state index contributed by atoms with van der Waals surface area (Å²) in [6, 6.07) is 0. The lowest BCUT2D eigenvalue weighted by molar-refractivity contribution is -0.144. The molecule has 0 radical (unpaired) electrons. The highest BCUT2D eigenvalue weighted by molar-refractivity contribution is 6.06. The van der Waals surface area contributed by atoms with Gasteiger partial charge in [-0.15, -0.1) is 0 Å². The Hall–Kier alpha value is -0.613. The fraction of sp³-hybridized carbons (Fsp3) is 0.700. The fourth-order valence-electron chi connectivity index (χ4n) is 0.952. The molecule has 0 saturated heterocycles. The maximum Gasteiger partial charge on any atom is 0.297 e. The number of carbonyl (C=O) groups excluding carboxylic acids is 1. The SMILES string of the molecule is C=C(C)COCCC(C)(C)C(=O)O[SiH3]. The molecule has 0 aliphatic rings. The Morgan fingerprint density at radius 1 is 1.50 bits per heavy atom. The van der Waals surface area contributed by atoms with Crippen molar-refractivity contribution in [3.05, 3.63) is 12.2 Å². The molecule has 0 spiro atoms. The molecule has 82 valence electrons. The van der Waals surface area contributed by atoms with Crippen molar-refractivity contribution >= 4 is 16.5 Å². The van der Waals surface area contributed by atoms with Gasteiger partial charge in [0.15, 0.2) is 0 Å². The second-order valence-electron chi connectivity index (χ2n) is 4.14. The maximum atomic E-state index is 11.3. The Bertz CT molecular complexity index is 211. The number of hydrogen-bond donors (Lipinski definition) is 0. The lowest BCUT2D eigenvalue weighted by Gasteiger charge is -2.21. The Labute approximate surface area is 89.0 Å². The lowest BCUT2D eigenvalue weighted by atomic mass is 9.90. The van der Waals surface area contributed by atoms with E-state index in [1.807, 2.05) is 20.8 Å². The third kappa shape index (κ3) is 5.19. The van der Waals surface area contributed by atoms with Crippen molar-refractivity contribution in [3.63, 3.8) is 0 Å². The quantitative estimate of drug-likeness (QED) is 0.375. The van der Waals surface area contributed by atoms with Gasteiger partial charge in [-0.1, -0.05) is 12.2 Å². The standard InChI is InChI=1S/C10H20O3Si/c1-8(2)7-12-6-5-10(3,4)9(11)13-14/h1,5-7H2,2-4,14H3. The molecule has 0 aromatic carbocycles. The minimum atomic E-state index is -0.434. The topological polar surface area (TPSA) is 35.5 Å². The van der Waals surface area contributed by atoms with Crippen LogP contribution in [0.4, 0.5) is 0 Å².